The molecule has 1 rings (SSSR count). The van der Waals surface area contributed by atoms with Gasteiger partial charge in [0.2, 0.25) is 0 Å². The Bertz CT molecular complexity index is 378. The lowest BCUT2D eigenvalue weighted by Crippen LogP contribution is -2.44. The van der Waals surface area contributed by atoms with Gasteiger partial charge >= 0.3 is 0 Å². The van der Waals surface area contributed by atoms with Crippen LogP contribution in [0.15, 0.2) is 18.5 Å². The number of hydrogen-bond donors (Lipinski definition) is 1. The van der Waals surface area contributed by atoms with E-state index in [1.807, 2.05) is 12.4 Å². The maximum Gasteiger partial charge on any atom is 0.0491 e. The van der Waals surface area contributed by atoms with Gasteiger partial charge in [-0.1, -0.05) is 6.92 Å². The highest BCUT2D eigenvalue weighted by atomic mass is 15.2. The van der Waals surface area contributed by atoms with Crippen molar-refractivity contribution in [2.75, 3.05) is 33.7 Å². The van der Waals surface area contributed by atoms with E-state index in [9.17, 15) is 0 Å². The van der Waals surface area contributed by atoms with Crippen molar-refractivity contribution in [3.05, 3.63) is 29.6 Å². The van der Waals surface area contributed by atoms with E-state index in [0.717, 1.165) is 13.1 Å². The molecule has 0 aliphatic heterocycles. The number of pyridine rings is 1. The lowest BCUT2D eigenvalue weighted by atomic mass is 10.0. The lowest BCUT2D eigenvalue weighted by molar-refractivity contribution is 0.130. The van der Waals surface area contributed by atoms with Gasteiger partial charge in [0.05, 0.1) is 0 Å². The van der Waals surface area contributed by atoms with Crippen LogP contribution >= 0.6 is 0 Å². The summed E-state index contributed by atoms with van der Waals surface area (Å²) in [6, 6.07) is 2.77. The second-order valence-electron chi connectivity index (χ2n) is 5.43. The Morgan fingerprint density at radius 1 is 1.37 bits per heavy atom. The molecule has 0 amide bonds. The highest BCUT2D eigenvalue weighted by Gasteiger charge is 2.24. The van der Waals surface area contributed by atoms with E-state index in [0.29, 0.717) is 12.6 Å². The molecular weight excluding hydrogens is 236 g/mol. The van der Waals surface area contributed by atoms with Crippen LogP contribution in [-0.4, -0.2) is 54.6 Å². The molecule has 19 heavy (non-hydrogen) atoms. The molecule has 0 aromatic carbocycles. The van der Waals surface area contributed by atoms with E-state index in [1.54, 1.807) is 0 Å². The average Bonchev–Trinajstić information content (AvgIpc) is 2.36. The van der Waals surface area contributed by atoms with Gasteiger partial charge in [-0.05, 0) is 51.7 Å². The quantitative estimate of drug-likeness (QED) is 0.813. The van der Waals surface area contributed by atoms with Gasteiger partial charge in [-0.15, -0.1) is 0 Å². The standard InChI is InChI=1S/C15H28N4/c1-6-19(13(3)11-18(4)5)15(9-16)14-10-17-8-7-12(14)2/h7-8,10,13,15H,6,9,11,16H2,1-5H3. The first-order valence-corrected chi connectivity index (χ1v) is 7.02. The van der Waals surface area contributed by atoms with Gasteiger partial charge in [0.25, 0.3) is 0 Å². The number of nitrogens with zero attached hydrogens (tertiary/aromatic N) is 3. The summed E-state index contributed by atoms with van der Waals surface area (Å²) in [5.74, 6) is 0. The summed E-state index contributed by atoms with van der Waals surface area (Å²) >= 11 is 0. The number of aromatic nitrogens is 1. The summed E-state index contributed by atoms with van der Waals surface area (Å²) < 4.78 is 0. The molecule has 0 radical (unpaired) electrons. The largest absolute Gasteiger partial charge is 0.329 e. The second-order valence-corrected chi connectivity index (χ2v) is 5.43. The minimum Gasteiger partial charge on any atom is -0.329 e. The van der Waals surface area contributed by atoms with E-state index in [2.05, 4.69) is 55.7 Å². The van der Waals surface area contributed by atoms with Crippen molar-refractivity contribution >= 4 is 0 Å². The van der Waals surface area contributed by atoms with E-state index in [4.69, 9.17) is 5.73 Å². The number of aryl methyl sites for hydroxylation is 1. The molecule has 4 heteroatoms. The summed E-state index contributed by atoms with van der Waals surface area (Å²) in [5, 5.41) is 0. The Balaban J connectivity index is 2.96. The zero-order valence-corrected chi connectivity index (χ0v) is 12.9. The molecule has 2 unspecified atom stereocenters. The van der Waals surface area contributed by atoms with Gasteiger partial charge in [0.1, 0.15) is 0 Å². The predicted molar refractivity (Wildman–Crippen MR) is 81.2 cm³/mol. The van der Waals surface area contributed by atoms with Crippen LogP contribution < -0.4 is 5.73 Å². The van der Waals surface area contributed by atoms with Gasteiger partial charge in [-0.2, -0.15) is 0 Å². The fourth-order valence-corrected chi connectivity index (χ4v) is 2.74. The van der Waals surface area contributed by atoms with Crippen molar-refractivity contribution in [3.63, 3.8) is 0 Å². The van der Waals surface area contributed by atoms with Crippen LogP contribution in [0.4, 0.5) is 0 Å². The van der Waals surface area contributed by atoms with Crippen LogP contribution in [0, 0.1) is 6.92 Å². The molecule has 2 atom stereocenters. The van der Waals surface area contributed by atoms with E-state index in [-0.39, 0.29) is 6.04 Å². The topological polar surface area (TPSA) is 45.4 Å². The average molecular weight is 264 g/mol. The fourth-order valence-electron chi connectivity index (χ4n) is 2.74. The molecule has 0 aliphatic rings. The highest BCUT2D eigenvalue weighted by molar-refractivity contribution is 5.25. The van der Waals surface area contributed by atoms with Crippen LogP contribution in [0.25, 0.3) is 0 Å². The zero-order chi connectivity index (χ0) is 14.4. The van der Waals surface area contributed by atoms with Crippen LogP contribution in [0.1, 0.15) is 31.0 Å². The molecule has 4 nitrogen and oxygen atoms in total. The van der Waals surface area contributed by atoms with Crippen molar-refractivity contribution in [3.8, 4) is 0 Å². The Labute approximate surface area is 117 Å². The number of likely N-dealkylation sites (N-methyl/N-ethyl adjacent to an activating group) is 2. The molecule has 0 bridgehead atoms. The summed E-state index contributed by atoms with van der Waals surface area (Å²) in [5.41, 5.74) is 8.55. The first-order chi connectivity index (χ1) is 9.01. The number of nitrogens with two attached hydrogens (primary N) is 1. The summed E-state index contributed by atoms with van der Waals surface area (Å²) in [6.45, 7) is 9.23. The molecule has 108 valence electrons. The Morgan fingerprint density at radius 3 is 2.53 bits per heavy atom. The summed E-state index contributed by atoms with van der Waals surface area (Å²) in [7, 11) is 4.22. The molecule has 0 saturated carbocycles. The Kier molecular flexibility index (Phi) is 6.42. The Morgan fingerprint density at radius 2 is 2.05 bits per heavy atom. The van der Waals surface area contributed by atoms with Crippen molar-refractivity contribution in [1.82, 2.24) is 14.8 Å². The van der Waals surface area contributed by atoms with Crippen LogP contribution in [0.5, 0.6) is 0 Å². The van der Waals surface area contributed by atoms with Gasteiger partial charge < -0.3 is 10.6 Å². The number of rotatable bonds is 7. The van der Waals surface area contributed by atoms with Crippen molar-refractivity contribution < 1.29 is 0 Å². The third-order valence-corrected chi connectivity index (χ3v) is 3.62. The fraction of sp³-hybridized carbons (Fsp3) is 0.667. The Hall–Kier alpha value is -0.970. The molecule has 1 aromatic rings. The molecule has 1 heterocycles. The minimum atomic E-state index is 0.244. The molecule has 0 saturated heterocycles. The van der Waals surface area contributed by atoms with Crippen molar-refractivity contribution in [1.29, 1.82) is 0 Å². The molecule has 0 aliphatic carbocycles. The molecule has 0 spiro atoms. The van der Waals surface area contributed by atoms with Crippen molar-refractivity contribution in [2.45, 2.75) is 32.9 Å². The maximum atomic E-state index is 6.04. The van der Waals surface area contributed by atoms with Gasteiger partial charge in [0.15, 0.2) is 0 Å². The number of hydrogen-bond acceptors (Lipinski definition) is 4. The molecule has 1 aromatic heterocycles. The van der Waals surface area contributed by atoms with E-state index >= 15 is 0 Å². The summed E-state index contributed by atoms with van der Waals surface area (Å²) in [4.78, 5) is 8.94. The third-order valence-electron chi connectivity index (χ3n) is 3.62. The van der Waals surface area contributed by atoms with Gasteiger partial charge in [0, 0.05) is 37.6 Å². The van der Waals surface area contributed by atoms with E-state index < -0.39 is 0 Å². The highest BCUT2D eigenvalue weighted by Crippen LogP contribution is 2.24. The monoisotopic (exact) mass is 264 g/mol. The molecular formula is C15H28N4. The lowest BCUT2D eigenvalue weighted by Gasteiger charge is -2.37. The molecule has 2 N–H and O–H groups in total. The zero-order valence-electron chi connectivity index (χ0n) is 12.9. The SMILES string of the molecule is CCN(C(C)CN(C)C)C(CN)c1cnccc1C. The second kappa shape index (κ2) is 7.58. The molecule has 0 fully saturated rings. The first kappa shape index (κ1) is 16.1. The normalized spacial score (nSPS) is 14.9. The smallest absolute Gasteiger partial charge is 0.0491 e. The first-order valence-electron chi connectivity index (χ1n) is 7.02. The van der Waals surface area contributed by atoms with Crippen LogP contribution in [0.3, 0.4) is 0 Å². The van der Waals surface area contributed by atoms with Crippen molar-refractivity contribution in [2.24, 2.45) is 5.73 Å². The maximum absolute atomic E-state index is 6.04. The predicted octanol–water partition coefficient (Wildman–Crippen LogP) is 1.66. The van der Waals surface area contributed by atoms with Gasteiger partial charge in [-0.25, -0.2) is 0 Å². The van der Waals surface area contributed by atoms with E-state index in [1.165, 1.54) is 11.1 Å². The minimum absolute atomic E-state index is 0.244. The van der Waals surface area contributed by atoms with Gasteiger partial charge in [-0.3, -0.25) is 9.88 Å². The van der Waals surface area contributed by atoms with Crippen LogP contribution in [0.2, 0.25) is 0 Å². The van der Waals surface area contributed by atoms with Crippen LogP contribution in [-0.2, 0) is 0 Å². The third kappa shape index (κ3) is 4.27. The summed E-state index contributed by atoms with van der Waals surface area (Å²) in [6.07, 6.45) is 3.80.